The Balaban J connectivity index is 1.60. The zero-order valence-corrected chi connectivity index (χ0v) is 16.4. The lowest BCUT2D eigenvalue weighted by atomic mass is 9.89. The Labute approximate surface area is 165 Å². The predicted octanol–water partition coefficient (Wildman–Crippen LogP) is 3.57. The van der Waals surface area contributed by atoms with E-state index in [0.29, 0.717) is 11.8 Å². The second-order valence-electron chi connectivity index (χ2n) is 8.02. The van der Waals surface area contributed by atoms with Crippen molar-refractivity contribution in [3.63, 3.8) is 0 Å². The van der Waals surface area contributed by atoms with Gasteiger partial charge in [-0.1, -0.05) is 31.5 Å². The molecule has 2 aliphatic rings. The Morgan fingerprint density at radius 2 is 2.00 bits per heavy atom. The fraction of sp³-hybridized carbons (Fsp3) is 0.545. The molecule has 1 aromatic carbocycles. The van der Waals surface area contributed by atoms with Crippen molar-refractivity contribution in [3.05, 3.63) is 29.8 Å². The maximum atomic E-state index is 12.7. The molecule has 2 aromatic rings. The van der Waals surface area contributed by atoms with Gasteiger partial charge in [-0.25, -0.2) is 9.36 Å². The van der Waals surface area contributed by atoms with Crippen molar-refractivity contribution >= 4 is 22.8 Å². The lowest BCUT2D eigenvalue weighted by molar-refractivity contribution is -0.145. The topological polar surface area (TPSA) is 71.8 Å². The van der Waals surface area contributed by atoms with E-state index in [1.165, 1.54) is 19.4 Å². The molecule has 0 saturated carbocycles. The normalized spacial score (nSPS) is 20.9. The van der Waals surface area contributed by atoms with E-state index in [0.717, 1.165) is 48.8 Å². The van der Waals surface area contributed by atoms with Crippen molar-refractivity contribution in [1.29, 1.82) is 0 Å². The van der Waals surface area contributed by atoms with Crippen LogP contribution in [0.5, 0.6) is 5.88 Å². The molecular weight excluding hydrogens is 356 g/mol. The fourth-order valence-electron chi connectivity index (χ4n) is 4.50. The first-order valence-electron chi connectivity index (χ1n) is 10.4. The van der Waals surface area contributed by atoms with E-state index in [4.69, 9.17) is 4.74 Å². The number of para-hydroxylation sites is 1. The van der Waals surface area contributed by atoms with Crippen LogP contribution in [0.25, 0.3) is 10.9 Å². The standard InChI is InChI=1S/C22H28N2O4/c1-2-3-10-23-11-8-15(9-12-23)13-17-16-6-4-5-7-18(16)24-20(25)14-19(22(26)27)28-21(17)24/h4-7,15,19H,2-3,8-14H2,1H3,(H,26,27). The third kappa shape index (κ3) is 3.53. The van der Waals surface area contributed by atoms with Gasteiger partial charge in [0.15, 0.2) is 0 Å². The summed E-state index contributed by atoms with van der Waals surface area (Å²) in [6.45, 7) is 5.61. The summed E-state index contributed by atoms with van der Waals surface area (Å²) in [6, 6.07) is 7.79. The van der Waals surface area contributed by atoms with Crippen LogP contribution in [-0.4, -0.2) is 52.2 Å². The molecular formula is C22H28N2O4. The highest BCUT2D eigenvalue weighted by atomic mass is 16.5. The van der Waals surface area contributed by atoms with E-state index < -0.39 is 12.1 Å². The fourth-order valence-corrected chi connectivity index (χ4v) is 4.50. The Morgan fingerprint density at radius 1 is 1.25 bits per heavy atom. The minimum Gasteiger partial charge on any atom is -0.478 e. The summed E-state index contributed by atoms with van der Waals surface area (Å²) in [7, 11) is 0. The number of carboxylic acids is 1. The lowest BCUT2D eigenvalue weighted by Crippen LogP contribution is -2.37. The molecule has 6 nitrogen and oxygen atoms in total. The summed E-state index contributed by atoms with van der Waals surface area (Å²) in [5.74, 6) is -0.318. The van der Waals surface area contributed by atoms with Crippen LogP contribution >= 0.6 is 0 Å². The van der Waals surface area contributed by atoms with Gasteiger partial charge in [-0.3, -0.25) is 4.79 Å². The Bertz CT molecular complexity index is 880. The summed E-state index contributed by atoms with van der Waals surface area (Å²) in [4.78, 5) is 26.7. The number of benzene rings is 1. The predicted molar refractivity (Wildman–Crippen MR) is 107 cm³/mol. The number of ether oxygens (including phenoxy) is 1. The van der Waals surface area contributed by atoms with Crippen LogP contribution in [0.2, 0.25) is 0 Å². The van der Waals surface area contributed by atoms with E-state index in [1.54, 1.807) is 4.57 Å². The summed E-state index contributed by atoms with van der Waals surface area (Å²) in [5.41, 5.74) is 1.81. The molecule has 0 bridgehead atoms. The number of carbonyl (C=O) groups is 2. The lowest BCUT2D eigenvalue weighted by Gasteiger charge is -2.32. The zero-order chi connectivity index (χ0) is 19.7. The van der Waals surface area contributed by atoms with Crippen LogP contribution in [-0.2, 0) is 11.2 Å². The van der Waals surface area contributed by atoms with Gasteiger partial charge in [0, 0.05) is 10.9 Å². The largest absolute Gasteiger partial charge is 0.478 e. The van der Waals surface area contributed by atoms with Gasteiger partial charge in [-0.15, -0.1) is 0 Å². The molecule has 1 aromatic heterocycles. The van der Waals surface area contributed by atoms with E-state index in [1.807, 2.05) is 24.3 Å². The molecule has 0 radical (unpaired) electrons. The molecule has 2 aliphatic heterocycles. The summed E-state index contributed by atoms with van der Waals surface area (Å²) in [6.07, 6.45) is 4.31. The number of rotatable bonds is 6. The first-order chi connectivity index (χ1) is 13.6. The summed E-state index contributed by atoms with van der Waals surface area (Å²) in [5, 5.41) is 10.4. The maximum Gasteiger partial charge on any atom is 0.345 e. The number of aromatic nitrogens is 1. The van der Waals surface area contributed by atoms with Gasteiger partial charge in [0.25, 0.3) is 0 Å². The van der Waals surface area contributed by atoms with Crippen molar-refractivity contribution in [2.24, 2.45) is 5.92 Å². The summed E-state index contributed by atoms with van der Waals surface area (Å²) >= 11 is 0. The van der Waals surface area contributed by atoms with E-state index >= 15 is 0 Å². The average Bonchev–Trinajstić information content (AvgIpc) is 3.01. The van der Waals surface area contributed by atoms with Crippen molar-refractivity contribution in [2.45, 2.75) is 51.6 Å². The van der Waals surface area contributed by atoms with Crippen molar-refractivity contribution in [2.75, 3.05) is 19.6 Å². The molecule has 0 aliphatic carbocycles. The van der Waals surface area contributed by atoms with Crippen molar-refractivity contribution < 1.29 is 19.4 Å². The number of hydrogen-bond acceptors (Lipinski definition) is 4. The molecule has 1 saturated heterocycles. The number of unbranched alkanes of at least 4 members (excludes halogenated alkanes) is 1. The molecule has 1 fully saturated rings. The van der Waals surface area contributed by atoms with Crippen molar-refractivity contribution in [1.82, 2.24) is 9.47 Å². The Morgan fingerprint density at radius 3 is 2.71 bits per heavy atom. The first-order valence-corrected chi connectivity index (χ1v) is 10.4. The second kappa shape index (κ2) is 7.95. The van der Waals surface area contributed by atoms with Gasteiger partial charge in [-0.2, -0.15) is 0 Å². The monoisotopic (exact) mass is 384 g/mol. The number of fused-ring (bicyclic) bond motifs is 3. The first kappa shape index (κ1) is 19.0. The van der Waals surface area contributed by atoms with E-state index in [-0.39, 0.29) is 12.3 Å². The second-order valence-corrected chi connectivity index (χ2v) is 8.02. The smallest absolute Gasteiger partial charge is 0.345 e. The molecule has 0 amide bonds. The number of carboxylic acid groups (broad SMARTS) is 1. The van der Waals surface area contributed by atoms with Gasteiger partial charge in [0.2, 0.25) is 17.9 Å². The van der Waals surface area contributed by atoms with Gasteiger partial charge < -0.3 is 14.7 Å². The molecule has 6 heteroatoms. The molecule has 1 N–H and O–H groups in total. The van der Waals surface area contributed by atoms with Crippen molar-refractivity contribution in [3.8, 4) is 5.88 Å². The Kier molecular flexibility index (Phi) is 5.40. The molecule has 150 valence electrons. The van der Waals surface area contributed by atoms with Crippen LogP contribution in [0.1, 0.15) is 49.4 Å². The van der Waals surface area contributed by atoms with Crippen LogP contribution < -0.4 is 4.74 Å². The van der Waals surface area contributed by atoms with Gasteiger partial charge in [-0.05, 0) is 57.3 Å². The minimum absolute atomic E-state index is 0.129. The number of nitrogens with zero attached hydrogens (tertiary/aromatic N) is 2. The maximum absolute atomic E-state index is 12.7. The molecule has 1 atom stereocenters. The van der Waals surface area contributed by atoms with Gasteiger partial charge in [0.1, 0.15) is 0 Å². The molecule has 4 rings (SSSR count). The molecule has 28 heavy (non-hydrogen) atoms. The van der Waals surface area contributed by atoms with Gasteiger partial charge >= 0.3 is 5.97 Å². The van der Waals surface area contributed by atoms with Crippen LogP contribution in [0.15, 0.2) is 24.3 Å². The number of piperidine rings is 1. The third-order valence-corrected chi connectivity index (χ3v) is 6.10. The number of likely N-dealkylation sites (tertiary alicyclic amines) is 1. The number of hydrogen-bond donors (Lipinski definition) is 1. The quantitative estimate of drug-likeness (QED) is 0.824. The molecule has 1 unspecified atom stereocenters. The highest BCUT2D eigenvalue weighted by Gasteiger charge is 2.35. The number of carbonyl (C=O) groups excluding carboxylic acids is 1. The SMILES string of the molecule is CCCCN1CCC(Cc2c3n(c4ccccc24)C(=O)CC(C(=O)O)O3)CC1. The van der Waals surface area contributed by atoms with Gasteiger partial charge in [0.05, 0.1) is 11.9 Å². The molecule has 0 spiro atoms. The highest BCUT2D eigenvalue weighted by molar-refractivity contribution is 5.99. The third-order valence-electron chi connectivity index (χ3n) is 6.10. The van der Waals surface area contributed by atoms with Crippen LogP contribution in [0.3, 0.4) is 0 Å². The van der Waals surface area contributed by atoms with Crippen LogP contribution in [0, 0.1) is 5.92 Å². The zero-order valence-electron chi connectivity index (χ0n) is 16.4. The molecule has 3 heterocycles. The number of aliphatic carboxylic acids is 1. The van der Waals surface area contributed by atoms with E-state index in [9.17, 15) is 14.7 Å². The van der Waals surface area contributed by atoms with E-state index in [2.05, 4.69) is 11.8 Å². The van der Waals surface area contributed by atoms with Crippen LogP contribution in [0.4, 0.5) is 0 Å². The summed E-state index contributed by atoms with van der Waals surface area (Å²) < 4.78 is 7.41. The highest BCUT2D eigenvalue weighted by Crippen LogP contribution is 2.38. The Hall–Kier alpha value is -2.34. The average molecular weight is 384 g/mol. The minimum atomic E-state index is -1.10.